The highest BCUT2D eigenvalue weighted by atomic mass is 16.6. The molecule has 6 heteroatoms. The number of hydrogen-bond donors (Lipinski definition) is 2. The molecule has 0 aliphatic rings. The van der Waals surface area contributed by atoms with Crippen molar-refractivity contribution < 1.29 is 9.66 Å². The van der Waals surface area contributed by atoms with Gasteiger partial charge >= 0.3 is 0 Å². The summed E-state index contributed by atoms with van der Waals surface area (Å²) >= 11 is 0. The molecule has 0 heterocycles. The van der Waals surface area contributed by atoms with Crippen LogP contribution < -0.4 is 15.8 Å². The zero-order valence-electron chi connectivity index (χ0n) is 9.61. The average molecular weight is 235 g/mol. The van der Waals surface area contributed by atoms with Gasteiger partial charge in [0.05, 0.1) is 30.2 Å². The molecule has 0 fully saturated rings. The summed E-state index contributed by atoms with van der Waals surface area (Å²) in [5.74, 6) is 5.91. The van der Waals surface area contributed by atoms with Gasteiger partial charge in [-0.25, -0.2) is 0 Å². The number of nitro groups is 1. The summed E-state index contributed by atoms with van der Waals surface area (Å²) in [5, 5.41) is 13.6. The van der Waals surface area contributed by atoms with Gasteiger partial charge in [-0.1, -0.05) is 11.8 Å². The maximum atomic E-state index is 10.8. The highest BCUT2D eigenvalue weighted by Crippen LogP contribution is 2.30. The first kappa shape index (κ1) is 12.8. The Balaban J connectivity index is 3.25. The SMILES string of the molecule is CNCC#Cc1cc(OC)cc([N+](=O)[O-])c1N. The molecule has 3 N–H and O–H groups in total. The molecule has 0 atom stereocenters. The zero-order chi connectivity index (χ0) is 12.8. The summed E-state index contributed by atoms with van der Waals surface area (Å²) in [7, 11) is 3.19. The summed E-state index contributed by atoms with van der Waals surface area (Å²) in [6, 6.07) is 2.85. The molecule has 0 radical (unpaired) electrons. The number of nitrogen functional groups attached to an aromatic ring is 1. The molecule has 0 spiro atoms. The second-order valence-corrected chi connectivity index (χ2v) is 3.20. The van der Waals surface area contributed by atoms with E-state index in [0.29, 0.717) is 17.9 Å². The zero-order valence-corrected chi connectivity index (χ0v) is 9.61. The normalized spacial score (nSPS) is 9.29. The minimum Gasteiger partial charge on any atom is -0.496 e. The van der Waals surface area contributed by atoms with Crippen molar-refractivity contribution in [1.82, 2.24) is 5.32 Å². The number of nitrogens with zero attached hydrogens (tertiary/aromatic N) is 1. The van der Waals surface area contributed by atoms with Gasteiger partial charge in [0, 0.05) is 0 Å². The standard InChI is InChI=1S/C11H13N3O3/c1-13-5-3-4-8-6-9(17-2)7-10(11(8)12)14(15)16/h6-7,13H,5,12H2,1-2H3. The number of hydrogen-bond acceptors (Lipinski definition) is 5. The fourth-order valence-electron chi connectivity index (χ4n) is 1.21. The highest BCUT2D eigenvalue weighted by Gasteiger charge is 2.16. The van der Waals surface area contributed by atoms with Gasteiger partial charge in [-0.3, -0.25) is 10.1 Å². The minimum atomic E-state index is -0.554. The lowest BCUT2D eigenvalue weighted by molar-refractivity contribution is -0.384. The van der Waals surface area contributed by atoms with Crippen LogP contribution in [0.1, 0.15) is 5.56 Å². The average Bonchev–Trinajstić information content (AvgIpc) is 2.31. The number of ether oxygens (including phenoxy) is 1. The molecule has 90 valence electrons. The molecule has 1 aromatic carbocycles. The van der Waals surface area contributed by atoms with E-state index in [4.69, 9.17) is 10.5 Å². The highest BCUT2D eigenvalue weighted by molar-refractivity contribution is 5.70. The van der Waals surface area contributed by atoms with Gasteiger partial charge in [0.1, 0.15) is 11.4 Å². The Morgan fingerprint density at radius 2 is 2.29 bits per heavy atom. The Kier molecular flexibility index (Phi) is 4.31. The van der Waals surface area contributed by atoms with Crippen LogP contribution in [0, 0.1) is 22.0 Å². The van der Waals surface area contributed by atoms with Crippen molar-refractivity contribution in [1.29, 1.82) is 0 Å². The molecule has 0 saturated heterocycles. The molecule has 6 nitrogen and oxygen atoms in total. The van der Waals surface area contributed by atoms with Gasteiger partial charge in [-0.2, -0.15) is 0 Å². The maximum Gasteiger partial charge on any atom is 0.297 e. The fraction of sp³-hybridized carbons (Fsp3) is 0.273. The van der Waals surface area contributed by atoms with E-state index in [0.717, 1.165) is 0 Å². The van der Waals surface area contributed by atoms with Gasteiger partial charge in [0.2, 0.25) is 0 Å². The molecule has 0 saturated carbocycles. The van der Waals surface area contributed by atoms with Crippen molar-refractivity contribution in [2.24, 2.45) is 0 Å². The van der Waals surface area contributed by atoms with Crippen molar-refractivity contribution >= 4 is 11.4 Å². The summed E-state index contributed by atoms with van der Waals surface area (Å²) in [4.78, 5) is 10.2. The minimum absolute atomic E-state index is 0.0550. The summed E-state index contributed by atoms with van der Waals surface area (Å²) < 4.78 is 4.96. The third kappa shape index (κ3) is 3.09. The molecule has 0 bridgehead atoms. The number of rotatable bonds is 3. The van der Waals surface area contributed by atoms with Crippen LogP contribution in [0.15, 0.2) is 12.1 Å². The van der Waals surface area contributed by atoms with Gasteiger partial charge in [0.25, 0.3) is 5.69 Å². The lowest BCUT2D eigenvalue weighted by Crippen LogP contribution is -2.05. The number of nitro benzene ring substituents is 1. The molecular weight excluding hydrogens is 222 g/mol. The van der Waals surface area contributed by atoms with Gasteiger partial charge in [-0.15, -0.1) is 0 Å². The van der Waals surface area contributed by atoms with Crippen LogP contribution in [0.25, 0.3) is 0 Å². The Morgan fingerprint density at radius 3 is 2.82 bits per heavy atom. The number of benzene rings is 1. The molecule has 0 aliphatic carbocycles. The van der Waals surface area contributed by atoms with E-state index in [1.54, 1.807) is 13.1 Å². The van der Waals surface area contributed by atoms with E-state index in [1.165, 1.54) is 13.2 Å². The lowest BCUT2D eigenvalue weighted by Gasteiger charge is -2.04. The first-order valence-electron chi connectivity index (χ1n) is 4.85. The molecule has 0 aromatic heterocycles. The lowest BCUT2D eigenvalue weighted by atomic mass is 10.1. The Bertz CT molecular complexity index is 489. The topological polar surface area (TPSA) is 90.4 Å². The van der Waals surface area contributed by atoms with Gasteiger partial charge < -0.3 is 15.8 Å². The predicted molar refractivity (Wildman–Crippen MR) is 64.9 cm³/mol. The first-order chi connectivity index (χ1) is 8.10. The molecule has 0 aliphatic heterocycles. The van der Waals surface area contributed by atoms with E-state index in [1.807, 2.05) is 0 Å². The van der Waals surface area contributed by atoms with Crippen LogP contribution in [0.2, 0.25) is 0 Å². The molecule has 0 unspecified atom stereocenters. The van der Waals surface area contributed by atoms with E-state index in [9.17, 15) is 10.1 Å². The quantitative estimate of drug-likeness (QED) is 0.349. The summed E-state index contributed by atoms with van der Waals surface area (Å²) in [5.41, 5.74) is 5.92. The molecule has 1 aromatic rings. The molecular formula is C11H13N3O3. The summed E-state index contributed by atoms with van der Waals surface area (Å²) in [6.07, 6.45) is 0. The maximum absolute atomic E-state index is 10.8. The molecule has 1 rings (SSSR count). The van der Waals surface area contributed by atoms with Gasteiger partial charge in [0.15, 0.2) is 0 Å². The van der Waals surface area contributed by atoms with E-state index < -0.39 is 4.92 Å². The van der Waals surface area contributed by atoms with Crippen molar-refractivity contribution in [2.45, 2.75) is 0 Å². The van der Waals surface area contributed by atoms with Crippen LogP contribution in [0.4, 0.5) is 11.4 Å². The Labute approximate surface area is 98.9 Å². The van der Waals surface area contributed by atoms with Crippen LogP contribution >= 0.6 is 0 Å². The fourth-order valence-corrected chi connectivity index (χ4v) is 1.21. The first-order valence-corrected chi connectivity index (χ1v) is 4.85. The Morgan fingerprint density at radius 1 is 1.59 bits per heavy atom. The number of methoxy groups -OCH3 is 1. The summed E-state index contributed by atoms with van der Waals surface area (Å²) in [6.45, 7) is 0.477. The van der Waals surface area contributed by atoms with Crippen molar-refractivity contribution in [3.05, 3.63) is 27.8 Å². The largest absolute Gasteiger partial charge is 0.496 e. The van der Waals surface area contributed by atoms with Crippen LogP contribution in [-0.4, -0.2) is 25.6 Å². The van der Waals surface area contributed by atoms with E-state index >= 15 is 0 Å². The second-order valence-electron chi connectivity index (χ2n) is 3.20. The number of nitrogens with one attached hydrogen (secondary N) is 1. The second kappa shape index (κ2) is 5.72. The third-order valence-electron chi connectivity index (χ3n) is 2.05. The predicted octanol–water partition coefficient (Wildman–Crippen LogP) is 0.756. The Hall–Kier alpha value is -2.26. The van der Waals surface area contributed by atoms with E-state index in [2.05, 4.69) is 17.2 Å². The van der Waals surface area contributed by atoms with Crippen molar-refractivity contribution in [2.75, 3.05) is 26.4 Å². The van der Waals surface area contributed by atoms with Crippen LogP contribution in [-0.2, 0) is 0 Å². The van der Waals surface area contributed by atoms with Crippen molar-refractivity contribution in [3.8, 4) is 17.6 Å². The van der Waals surface area contributed by atoms with Crippen LogP contribution in [0.5, 0.6) is 5.75 Å². The smallest absolute Gasteiger partial charge is 0.297 e. The van der Waals surface area contributed by atoms with E-state index in [-0.39, 0.29) is 11.4 Å². The van der Waals surface area contributed by atoms with Crippen LogP contribution in [0.3, 0.4) is 0 Å². The third-order valence-corrected chi connectivity index (χ3v) is 2.05. The molecule has 17 heavy (non-hydrogen) atoms. The monoisotopic (exact) mass is 235 g/mol. The van der Waals surface area contributed by atoms with Gasteiger partial charge in [-0.05, 0) is 13.1 Å². The molecule has 0 amide bonds. The van der Waals surface area contributed by atoms with Crippen molar-refractivity contribution in [3.63, 3.8) is 0 Å². The number of anilines is 1. The number of nitrogens with two attached hydrogens (primary N) is 1.